The molecule has 0 spiro atoms. The van der Waals surface area contributed by atoms with E-state index in [-0.39, 0.29) is 0 Å². The number of fused-ring (bicyclic) bond motifs is 3. The Balaban J connectivity index is 2.43. The summed E-state index contributed by atoms with van der Waals surface area (Å²) >= 11 is 0. The maximum Gasteiger partial charge on any atom is 0.158 e. The van der Waals surface area contributed by atoms with Gasteiger partial charge in [-0.3, -0.25) is 0 Å². The lowest BCUT2D eigenvalue weighted by molar-refractivity contribution is 0.811. The molecular formula is C11H13N3. The topological polar surface area (TPSA) is 30.2 Å². The number of nitrogens with zero attached hydrogens (tertiary/aromatic N) is 3. The molecule has 2 aromatic heterocycles. The average molecular weight is 187 g/mol. The lowest BCUT2D eigenvalue weighted by Gasteiger charge is -2.01. The molecule has 0 saturated heterocycles. The molecule has 0 N–H and O–H groups in total. The Bertz CT molecular complexity index is 511. The minimum atomic E-state index is 1.08. The first-order chi connectivity index (χ1) is 6.75. The molecule has 2 heterocycles. The van der Waals surface area contributed by atoms with Crippen molar-refractivity contribution < 1.29 is 0 Å². The fourth-order valence-electron chi connectivity index (χ4n) is 2.30. The smallest absolute Gasteiger partial charge is 0.158 e. The third-order valence-corrected chi connectivity index (χ3v) is 2.91. The SMILES string of the molecule is Cc1cc(C)n2nc3c(c2n1)CCC3. The summed E-state index contributed by atoms with van der Waals surface area (Å²) in [7, 11) is 0. The van der Waals surface area contributed by atoms with Gasteiger partial charge in [-0.2, -0.15) is 5.10 Å². The van der Waals surface area contributed by atoms with Gasteiger partial charge in [-0.25, -0.2) is 9.50 Å². The quantitative estimate of drug-likeness (QED) is 0.630. The molecule has 0 fully saturated rings. The summed E-state index contributed by atoms with van der Waals surface area (Å²) in [5.74, 6) is 0. The van der Waals surface area contributed by atoms with Crippen LogP contribution in [-0.2, 0) is 12.8 Å². The van der Waals surface area contributed by atoms with Crippen LogP contribution in [0.5, 0.6) is 0 Å². The van der Waals surface area contributed by atoms with Crippen molar-refractivity contribution in [3.63, 3.8) is 0 Å². The molecule has 0 bridgehead atoms. The summed E-state index contributed by atoms with van der Waals surface area (Å²) in [6.45, 7) is 4.13. The zero-order chi connectivity index (χ0) is 9.71. The lowest BCUT2D eigenvalue weighted by atomic mass is 10.2. The molecule has 3 nitrogen and oxygen atoms in total. The highest BCUT2D eigenvalue weighted by Gasteiger charge is 2.19. The Kier molecular flexibility index (Phi) is 1.46. The van der Waals surface area contributed by atoms with Crippen LogP contribution in [0.3, 0.4) is 0 Å². The Hall–Kier alpha value is -1.38. The van der Waals surface area contributed by atoms with Crippen LogP contribution in [-0.4, -0.2) is 14.6 Å². The molecule has 1 aliphatic rings. The molecule has 14 heavy (non-hydrogen) atoms. The second kappa shape index (κ2) is 2.56. The highest BCUT2D eigenvalue weighted by atomic mass is 15.3. The van der Waals surface area contributed by atoms with Gasteiger partial charge < -0.3 is 0 Å². The Labute approximate surface area is 82.8 Å². The van der Waals surface area contributed by atoms with E-state index in [0.29, 0.717) is 0 Å². The van der Waals surface area contributed by atoms with Gasteiger partial charge >= 0.3 is 0 Å². The fourth-order valence-corrected chi connectivity index (χ4v) is 2.30. The van der Waals surface area contributed by atoms with E-state index in [2.05, 4.69) is 23.1 Å². The Morgan fingerprint density at radius 3 is 3.00 bits per heavy atom. The number of aryl methyl sites for hydroxylation is 4. The molecule has 0 radical (unpaired) electrons. The largest absolute Gasteiger partial charge is 0.234 e. The van der Waals surface area contributed by atoms with Crippen molar-refractivity contribution in [2.24, 2.45) is 0 Å². The third kappa shape index (κ3) is 0.924. The maximum atomic E-state index is 4.59. The predicted octanol–water partition coefficient (Wildman–Crippen LogP) is 1.83. The first-order valence-corrected chi connectivity index (χ1v) is 5.10. The van der Waals surface area contributed by atoms with Crippen molar-refractivity contribution in [3.05, 3.63) is 28.7 Å². The molecule has 0 atom stereocenters. The molecule has 0 saturated carbocycles. The molecule has 72 valence electrons. The van der Waals surface area contributed by atoms with Crippen LogP contribution in [0.1, 0.15) is 29.1 Å². The Morgan fingerprint density at radius 1 is 1.29 bits per heavy atom. The summed E-state index contributed by atoms with van der Waals surface area (Å²) in [6.07, 6.45) is 3.51. The summed E-state index contributed by atoms with van der Waals surface area (Å²) in [5.41, 5.74) is 5.98. The van der Waals surface area contributed by atoms with Gasteiger partial charge in [0.2, 0.25) is 0 Å². The van der Waals surface area contributed by atoms with Gasteiger partial charge in [0.25, 0.3) is 0 Å². The number of hydrogen-bond acceptors (Lipinski definition) is 2. The van der Waals surface area contributed by atoms with Gasteiger partial charge in [-0.1, -0.05) is 0 Å². The summed E-state index contributed by atoms with van der Waals surface area (Å²) in [6, 6.07) is 2.08. The maximum absolute atomic E-state index is 4.59. The molecule has 1 aliphatic carbocycles. The van der Waals surface area contributed by atoms with Crippen molar-refractivity contribution >= 4 is 5.65 Å². The first-order valence-electron chi connectivity index (χ1n) is 5.10. The van der Waals surface area contributed by atoms with Gasteiger partial charge in [0.1, 0.15) is 0 Å². The number of rotatable bonds is 0. The van der Waals surface area contributed by atoms with Crippen molar-refractivity contribution in [3.8, 4) is 0 Å². The van der Waals surface area contributed by atoms with Crippen molar-refractivity contribution in [2.45, 2.75) is 33.1 Å². The van der Waals surface area contributed by atoms with Gasteiger partial charge in [0.15, 0.2) is 5.65 Å². The summed E-state index contributed by atoms with van der Waals surface area (Å²) < 4.78 is 1.98. The molecule has 0 aliphatic heterocycles. The fraction of sp³-hybridized carbons (Fsp3) is 0.455. The van der Waals surface area contributed by atoms with Crippen molar-refractivity contribution in [1.29, 1.82) is 0 Å². The summed E-state index contributed by atoms with van der Waals surface area (Å²) in [5, 5.41) is 4.59. The van der Waals surface area contributed by atoms with E-state index in [4.69, 9.17) is 0 Å². The van der Waals surface area contributed by atoms with Crippen molar-refractivity contribution in [2.75, 3.05) is 0 Å². The first kappa shape index (κ1) is 7.97. The van der Waals surface area contributed by atoms with E-state index in [0.717, 1.165) is 24.2 Å². The Morgan fingerprint density at radius 2 is 2.14 bits per heavy atom. The molecule has 3 rings (SSSR count). The molecular weight excluding hydrogens is 174 g/mol. The van der Waals surface area contributed by atoms with E-state index in [1.807, 2.05) is 11.4 Å². The number of aromatic nitrogens is 3. The molecule has 0 aromatic carbocycles. The predicted molar refractivity (Wildman–Crippen MR) is 54.5 cm³/mol. The van der Waals surface area contributed by atoms with Gasteiger partial charge in [-0.05, 0) is 39.2 Å². The van der Waals surface area contributed by atoms with Crippen LogP contribution in [0.15, 0.2) is 6.07 Å². The van der Waals surface area contributed by atoms with E-state index < -0.39 is 0 Å². The minimum Gasteiger partial charge on any atom is -0.234 e. The van der Waals surface area contributed by atoms with Gasteiger partial charge in [0.05, 0.1) is 5.69 Å². The average Bonchev–Trinajstić information content (AvgIpc) is 2.65. The van der Waals surface area contributed by atoms with E-state index in [9.17, 15) is 0 Å². The molecule has 3 heteroatoms. The van der Waals surface area contributed by atoms with E-state index in [1.165, 1.54) is 23.4 Å². The second-order valence-corrected chi connectivity index (χ2v) is 4.05. The minimum absolute atomic E-state index is 1.08. The summed E-state index contributed by atoms with van der Waals surface area (Å²) in [4.78, 5) is 4.57. The molecule has 0 unspecified atom stereocenters. The standard InChI is InChI=1S/C11H13N3/c1-7-6-8(2)14-11(12-7)9-4-3-5-10(9)13-14/h6H,3-5H2,1-2H3. The van der Waals surface area contributed by atoms with Crippen molar-refractivity contribution in [1.82, 2.24) is 14.6 Å². The zero-order valence-corrected chi connectivity index (χ0v) is 8.54. The van der Waals surface area contributed by atoms with Gasteiger partial charge in [0, 0.05) is 17.0 Å². The highest BCUT2D eigenvalue weighted by Crippen LogP contribution is 2.25. The van der Waals surface area contributed by atoms with Crippen LogP contribution < -0.4 is 0 Å². The van der Waals surface area contributed by atoms with Crippen LogP contribution in [0.4, 0.5) is 0 Å². The van der Waals surface area contributed by atoms with E-state index in [1.54, 1.807) is 0 Å². The zero-order valence-electron chi connectivity index (χ0n) is 8.54. The monoisotopic (exact) mass is 187 g/mol. The number of hydrogen-bond donors (Lipinski definition) is 0. The lowest BCUT2D eigenvalue weighted by Crippen LogP contribution is -1.98. The molecule has 2 aromatic rings. The normalized spacial score (nSPS) is 15.0. The van der Waals surface area contributed by atoms with Gasteiger partial charge in [-0.15, -0.1) is 0 Å². The van der Waals surface area contributed by atoms with Crippen LogP contribution in [0, 0.1) is 13.8 Å². The van der Waals surface area contributed by atoms with E-state index >= 15 is 0 Å². The molecule has 0 amide bonds. The van der Waals surface area contributed by atoms with Crippen LogP contribution in [0.25, 0.3) is 5.65 Å². The van der Waals surface area contributed by atoms with Crippen LogP contribution in [0.2, 0.25) is 0 Å². The second-order valence-electron chi connectivity index (χ2n) is 4.05. The third-order valence-electron chi connectivity index (χ3n) is 2.91. The highest BCUT2D eigenvalue weighted by molar-refractivity contribution is 5.53. The van der Waals surface area contributed by atoms with Crippen LogP contribution >= 0.6 is 0 Å².